The van der Waals surface area contributed by atoms with Crippen LogP contribution < -0.4 is 26.2 Å². The van der Waals surface area contributed by atoms with Crippen molar-refractivity contribution in [3.63, 3.8) is 0 Å². The molecule has 0 spiro atoms. The standard InChI is InChI=1S/C38H32BF3N2S/c1-45-30-18-20-32-34(24-30)44(29-15-9-4-10-16-29)36-22-26(25-11-5-2-6-12-25)21-35-37(36)39(32)31-19-17-27(38(40,41)42)23-33(31)43(35)28-13-7-3-8-14-28/h3-4,7-10,13-25H,2,5-6,11-12H2,1H3. The molecule has 0 atom stereocenters. The van der Waals surface area contributed by atoms with Crippen LogP contribution in [0.3, 0.4) is 0 Å². The van der Waals surface area contributed by atoms with Crippen LogP contribution in [0.4, 0.5) is 47.3 Å². The number of hydrogen-bond donors (Lipinski definition) is 0. The van der Waals surface area contributed by atoms with Gasteiger partial charge >= 0.3 is 6.18 Å². The van der Waals surface area contributed by atoms with Gasteiger partial charge in [0.2, 0.25) is 0 Å². The molecule has 2 aliphatic heterocycles. The minimum Gasteiger partial charge on any atom is -0.311 e. The summed E-state index contributed by atoms with van der Waals surface area (Å²) >= 11 is 1.70. The Morgan fingerprint density at radius 2 is 1.20 bits per heavy atom. The zero-order valence-corrected chi connectivity index (χ0v) is 25.8. The van der Waals surface area contributed by atoms with Crippen LogP contribution in [0.5, 0.6) is 0 Å². The minimum atomic E-state index is -4.45. The number of anilines is 6. The lowest BCUT2D eigenvalue weighted by atomic mass is 9.33. The van der Waals surface area contributed by atoms with Gasteiger partial charge < -0.3 is 9.80 Å². The average Bonchev–Trinajstić information content (AvgIpc) is 3.08. The van der Waals surface area contributed by atoms with E-state index >= 15 is 0 Å². The van der Waals surface area contributed by atoms with Gasteiger partial charge in [-0.05, 0) is 102 Å². The van der Waals surface area contributed by atoms with Crippen LogP contribution in [0.1, 0.15) is 49.1 Å². The molecule has 5 aromatic rings. The van der Waals surface area contributed by atoms with Crippen LogP contribution in [-0.2, 0) is 6.18 Å². The number of thioether (sulfide) groups is 1. The summed E-state index contributed by atoms with van der Waals surface area (Å²) in [4.78, 5) is 5.61. The molecule has 0 N–H and O–H groups in total. The van der Waals surface area contributed by atoms with Crippen molar-refractivity contribution in [1.82, 2.24) is 0 Å². The zero-order chi connectivity index (χ0) is 30.7. The molecular weight excluding hydrogens is 584 g/mol. The summed E-state index contributed by atoms with van der Waals surface area (Å²) in [5.41, 5.74) is 9.44. The normalized spacial score (nSPS) is 15.9. The first-order valence-corrected chi connectivity index (χ1v) is 16.9. The van der Waals surface area contributed by atoms with Crippen molar-refractivity contribution in [3.8, 4) is 0 Å². The highest BCUT2D eigenvalue weighted by Gasteiger charge is 2.45. The Kier molecular flexibility index (Phi) is 6.98. The summed E-state index contributed by atoms with van der Waals surface area (Å²) in [6.07, 6.45) is 3.53. The lowest BCUT2D eigenvalue weighted by molar-refractivity contribution is -0.137. The van der Waals surface area contributed by atoms with Crippen molar-refractivity contribution in [3.05, 3.63) is 120 Å². The van der Waals surface area contributed by atoms with E-state index in [1.165, 1.54) is 37.0 Å². The summed E-state index contributed by atoms with van der Waals surface area (Å²) in [7, 11) is 0. The molecule has 8 rings (SSSR count). The van der Waals surface area contributed by atoms with Gasteiger partial charge in [-0.2, -0.15) is 13.2 Å². The Labute approximate surface area is 267 Å². The van der Waals surface area contributed by atoms with E-state index in [1.807, 2.05) is 36.4 Å². The summed E-state index contributed by atoms with van der Waals surface area (Å²) in [5, 5.41) is 0. The first-order valence-electron chi connectivity index (χ1n) is 15.7. The first kappa shape index (κ1) is 28.4. The highest BCUT2D eigenvalue weighted by Crippen LogP contribution is 2.47. The molecular formula is C38H32BF3N2S. The number of rotatable bonds is 4. The molecule has 1 aliphatic carbocycles. The zero-order valence-electron chi connectivity index (χ0n) is 25.0. The maximum Gasteiger partial charge on any atom is 0.416 e. The minimum absolute atomic E-state index is 0.210. The van der Waals surface area contributed by atoms with E-state index in [1.54, 1.807) is 17.8 Å². The Morgan fingerprint density at radius 1 is 0.644 bits per heavy atom. The van der Waals surface area contributed by atoms with E-state index in [0.717, 1.165) is 62.6 Å². The van der Waals surface area contributed by atoms with Crippen LogP contribution in [0, 0.1) is 0 Å². The van der Waals surface area contributed by atoms with Gasteiger partial charge in [-0.15, -0.1) is 11.8 Å². The summed E-state index contributed by atoms with van der Waals surface area (Å²) < 4.78 is 42.8. The maximum absolute atomic E-state index is 14.3. The molecule has 2 nitrogen and oxygen atoms in total. The number of benzene rings is 5. The Morgan fingerprint density at radius 3 is 1.76 bits per heavy atom. The fraction of sp³-hybridized carbons (Fsp3) is 0.211. The summed E-state index contributed by atoms with van der Waals surface area (Å²) in [6, 6.07) is 35.9. The average molecular weight is 617 g/mol. The van der Waals surface area contributed by atoms with E-state index in [2.05, 4.69) is 70.7 Å². The fourth-order valence-corrected chi connectivity index (χ4v) is 8.11. The lowest BCUT2D eigenvalue weighted by Gasteiger charge is -2.45. The third kappa shape index (κ3) is 4.75. The molecule has 0 saturated heterocycles. The molecule has 0 unspecified atom stereocenters. The van der Waals surface area contributed by atoms with Gasteiger partial charge in [0.05, 0.1) is 5.56 Å². The Hall–Kier alpha value is -4.10. The second-order valence-electron chi connectivity index (χ2n) is 12.3. The summed E-state index contributed by atoms with van der Waals surface area (Å²) in [5.74, 6) is 0.413. The van der Waals surface area contributed by atoms with Crippen molar-refractivity contribution in [2.45, 2.75) is 49.1 Å². The van der Waals surface area contributed by atoms with Crippen molar-refractivity contribution >= 4 is 69.0 Å². The molecule has 2 heterocycles. The predicted molar refractivity (Wildman–Crippen MR) is 183 cm³/mol. The van der Waals surface area contributed by atoms with Crippen molar-refractivity contribution < 1.29 is 13.2 Å². The van der Waals surface area contributed by atoms with E-state index in [-0.39, 0.29) is 6.71 Å². The fourth-order valence-electron chi connectivity index (χ4n) is 7.68. The van der Waals surface area contributed by atoms with Gasteiger partial charge in [0.15, 0.2) is 0 Å². The van der Waals surface area contributed by atoms with Gasteiger partial charge in [0.1, 0.15) is 0 Å². The van der Waals surface area contributed by atoms with Crippen LogP contribution in [0.15, 0.2) is 114 Å². The molecule has 5 aromatic carbocycles. The van der Waals surface area contributed by atoms with E-state index in [9.17, 15) is 13.2 Å². The maximum atomic E-state index is 14.3. The molecule has 0 amide bonds. The molecule has 224 valence electrons. The van der Waals surface area contributed by atoms with Crippen LogP contribution in [0.2, 0.25) is 0 Å². The van der Waals surface area contributed by atoms with Gasteiger partial charge in [-0.25, -0.2) is 0 Å². The third-order valence-corrected chi connectivity index (χ3v) is 10.5. The van der Waals surface area contributed by atoms with Gasteiger partial charge in [-0.3, -0.25) is 0 Å². The topological polar surface area (TPSA) is 6.48 Å². The highest BCUT2D eigenvalue weighted by molar-refractivity contribution is 7.98. The van der Waals surface area contributed by atoms with Crippen molar-refractivity contribution in [2.75, 3.05) is 16.1 Å². The van der Waals surface area contributed by atoms with Crippen molar-refractivity contribution in [1.29, 1.82) is 0 Å². The van der Waals surface area contributed by atoms with E-state index in [0.29, 0.717) is 11.6 Å². The van der Waals surface area contributed by atoms with Crippen molar-refractivity contribution in [2.24, 2.45) is 0 Å². The van der Waals surface area contributed by atoms with Gasteiger partial charge in [-0.1, -0.05) is 73.9 Å². The van der Waals surface area contributed by atoms with E-state index < -0.39 is 11.7 Å². The molecule has 1 saturated carbocycles. The second-order valence-corrected chi connectivity index (χ2v) is 13.2. The van der Waals surface area contributed by atoms with Crippen LogP contribution in [-0.4, -0.2) is 13.0 Å². The summed E-state index contributed by atoms with van der Waals surface area (Å²) in [6.45, 7) is -0.210. The van der Waals surface area contributed by atoms with Crippen LogP contribution in [0.25, 0.3) is 0 Å². The number of fused-ring (bicyclic) bond motifs is 4. The number of para-hydroxylation sites is 2. The highest BCUT2D eigenvalue weighted by atomic mass is 32.2. The lowest BCUT2D eigenvalue weighted by Crippen LogP contribution is -2.61. The van der Waals surface area contributed by atoms with Gasteiger partial charge in [0.25, 0.3) is 6.71 Å². The monoisotopic (exact) mass is 616 g/mol. The smallest absolute Gasteiger partial charge is 0.311 e. The first-order chi connectivity index (χ1) is 21.9. The number of alkyl halides is 3. The molecule has 3 aliphatic rings. The predicted octanol–water partition coefficient (Wildman–Crippen LogP) is 9.56. The molecule has 1 fully saturated rings. The molecule has 0 aromatic heterocycles. The number of hydrogen-bond acceptors (Lipinski definition) is 3. The molecule has 7 heteroatoms. The van der Waals surface area contributed by atoms with Gasteiger partial charge in [0, 0.05) is 39.0 Å². The second kappa shape index (κ2) is 11.1. The molecule has 0 radical (unpaired) electrons. The number of halogens is 3. The largest absolute Gasteiger partial charge is 0.416 e. The Bertz CT molecular complexity index is 1890. The third-order valence-electron chi connectivity index (χ3n) is 9.73. The van der Waals surface area contributed by atoms with E-state index in [4.69, 9.17) is 0 Å². The number of nitrogens with zero attached hydrogens (tertiary/aromatic N) is 2. The Balaban J connectivity index is 1.49. The molecule has 0 bridgehead atoms. The SMILES string of the molecule is CSc1ccc2c(c1)N(c1ccccc1)c1cc(C3CCCCC3)cc3c1B2c1ccc(C(F)(F)F)cc1N3c1ccccc1. The quantitative estimate of drug-likeness (QED) is 0.144. The molecule has 45 heavy (non-hydrogen) atoms. The van der Waals surface area contributed by atoms with Crippen LogP contribution >= 0.6 is 11.8 Å².